The van der Waals surface area contributed by atoms with E-state index in [1.165, 1.54) is 12.8 Å². The predicted molar refractivity (Wildman–Crippen MR) is 60.4 cm³/mol. The second-order valence-electron chi connectivity index (χ2n) is 2.75. The zero-order chi connectivity index (χ0) is 10.7. The molecule has 1 atom stereocenters. The average molecular weight is 228 g/mol. The molecule has 0 aromatic carbocycles. The molecule has 0 fully saturated rings. The molecular formula is C8H22ClN3O2. The summed E-state index contributed by atoms with van der Waals surface area (Å²) in [6.45, 7) is 4.89. The molecule has 0 aliphatic heterocycles. The molecule has 0 radical (unpaired) electrons. The lowest BCUT2D eigenvalue weighted by Crippen LogP contribution is -2.26. The first kappa shape index (κ1) is 19.1. The van der Waals surface area contributed by atoms with E-state index in [2.05, 4.69) is 17.4 Å². The van der Waals surface area contributed by atoms with Crippen molar-refractivity contribution in [3.05, 3.63) is 0 Å². The van der Waals surface area contributed by atoms with Crippen molar-refractivity contribution in [2.24, 2.45) is 17.2 Å². The van der Waals surface area contributed by atoms with E-state index in [0.717, 1.165) is 6.54 Å². The Labute approximate surface area is 91.7 Å². The van der Waals surface area contributed by atoms with Crippen molar-refractivity contribution in [3.63, 3.8) is 0 Å². The van der Waals surface area contributed by atoms with Gasteiger partial charge in [0.1, 0.15) is 6.61 Å². The molecular weight excluding hydrogens is 206 g/mol. The predicted octanol–water partition coefficient (Wildman–Crippen LogP) is 0.596. The summed E-state index contributed by atoms with van der Waals surface area (Å²) < 4.78 is 4.32. The number of amides is 1. The van der Waals surface area contributed by atoms with Crippen LogP contribution in [0.3, 0.4) is 0 Å². The number of carbonyl (C=O) groups excluding carboxylic acids is 1. The van der Waals surface area contributed by atoms with Gasteiger partial charge in [0.2, 0.25) is 0 Å². The van der Waals surface area contributed by atoms with E-state index in [1.807, 2.05) is 0 Å². The Balaban J connectivity index is -0.000000177. The fraction of sp³-hybridized carbons (Fsp3) is 0.875. The SMILES string of the molecule is CC(N)COC(N)=O.CCCCN.Cl. The highest BCUT2D eigenvalue weighted by atomic mass is 35.5. The molecule has 0 aliphatic carbocycles. The summed E-state index contributed by atoms with van der Waals surface area (Å²) in [4.78, 5) is 9.85. The molecule has 0 rings (SSSR count). The number of rotatable bonds is 4. The second kappa shape index (κ2) is 15.0. The van der Waals surface area contributed by atoms with Crippen LogP contribution in [0.15, 0.2) is 0 Å². The van der Waals surface area contributed by atoms with Crippen LogP contribution in [0.2, 0.25) is 0 Å². The van der Waals surface area contributed by atoms with Crippen molar-refractivity contribution in [1.29, 1.82) is 0 Å². The van der Waals surface area contributed by atoms with Crippen molar-refractivity contribution in [1.82, 2.24) is 0 Å². The van der Waals surface area contributed by atoms with Gasteiger partial charge in [-0.1, -0.05) is 13.3 Å². The molecule has 0 aliphatic rings. The van der Waals surface area contributed by atoms with Gasteiger partial charge < -0.3 is 21.9 Å². The summed E-state index contributed by atoms with van der Waals surface area (Å²) in [5.41, 5.74) is 15.0. The minimum atomic E-state index is -0.776. The number of carbonyl (C=O) groups is 1. The Hall–Kier alpha value is -0.520. The molecule has 1 unspecified atom stereocenters. The monoisotopic (exact) mass is 227 g/mol. The molecule has 5 nitrogen and oxygen atoms in total. The van der Waals surface area contributed by atoms with Crippen LogP contribution in [0.25, 0.3) is 0 Å². The van der Waals surface area contributed by atoms with Crippen LogP contribution >= 0.6 is 12.4 Å². The van der Waals surface area contributed by atoms with E-state index in [0.29, 0.717) is 0 Å². The summed E-state index contributed by atoms with van der Waals surface area (Å²) >= 11 is 0. The maximum absolute atomic E-state index is 9.85. The molecule has 14 heavy (non-hydrogen) atoms. The fourth-order valence-electron chi connectivity index (χ4n) is 0.418. The highest BCUT2D eigenvalue weighted by molar-refractivity contribution is 5.85. The van der Waals surface area contributed by atoms with Gasteiger partial charge >= 0.3 is 6.09 Å². The van der Waals surface area contributed by atoms with Gasteiger partial charge in [0.15, 0.2) is 0 Å². The molecule has 0 spiro atoms. The fourth-order valence-corrected chi connectivity index (χ4v) is 0.418. The standard InChI is InChI=1S/C4H10N2O2.C4H11N.ClH/c1-3(5)2-8-4(6)7;1-2-3-4-5;/h3H,2,5H2,1H3,(H2,6,7);2-5H2,1H3;1H. The summed E-state index contributed by atoms with van der Waals surface area (Å²) in [5, 5.41) is 0. The third-order valence-electron chi connectivity index (χ3n) is 1.05. The molecule has 6 heteroatoms. The number of unbranched alkanes of at least 4 members (excludes halogenated alkanes) is 1. The molecule has 0 bridgehead atoms. The molecule has 6 N–H and O–H groups in total. The molecule has 1 amide bonds. The number of hydrogen-bond acceptors (Lipinski definition) is 4. The maximum atomic E-state index is 9.85. The third-order valence-corrected chi connectivity index (χ3v) is 1.05. The first-order valence-electron chi connectivity index (χ1n) is 4.42. The van der Waals surface area contributed by atoms with Gasteiger partial charge in [-0.25, -0.2) is 4.79 Å². The smallest absolute Gasteiger partial charge is 0.404 e. The molecule has 0 saturated carbocycles. The molecule has 0 heterocycles. The van der Waals surface area contributed by atoms with Crippen molar-refractivity contribution >= 4 is 18.5 Å². The lowest BCUT2D eigenvalue weighted by Gasteiger charge is -2.02. The zero-order valence-electron chi connectivity index (χ0n) is 8.86. The van der Waals surface area contributed by atoms with E-state index >= 15 is 0 Å². The zero-order valence-corrected chi connectivity index (χ0v) is 9.68. The molecule has 0 aromatic heterocycles. The van der Waals surface area contributed by atoms with Crippen LogP contribution in [0.1, 0.15) is 26.7 Å². The van der Waals surface area contributed by atoms with E-state index in [9.17, 15) is 4.79 Å². The normalized spacial score (nSPS) is 10.3. The largest absolute Gasteiger partial charge is 0.448 e. The highest BCUT2D eigenvalue weighted by Crippen LogP contribution is 1.77. The van der Waals surface area contributed by atoms with E-state index in [4.69, 9.17) is 11.5 Å². The van der Waals surface area contributed by atoms with Gasteiger partial charge in [-0.05, 0) is 19.9 Å². The Morgan fingerprint density at radius 2 is 2.00 bits per heavy atom. The van der Waals surface area contributed by atoms with Crippen LogP contribution in [0.5, 0.6) is 0 Å². The van der Waals surface area contributed by atoms with Crippen LogP contribution in [0.4, 0.5) is 4.79 Å². The van der Waals surface area contributed by atoms with Crippen LogP contribution < -0.4 is 17.2 Å². The summed E-state index contributed by atoms with van der Waals surface area (Å²) in [7, 11) is 0. The Morgan fingerprint density at radius 1 is 1.50 bits per heavy atom. The topological polar surface area (TPSA) is 104 Å². The second-order valence-corrected chi connectivity index (χ2v) is 2.75. The van der Waals surface area contributed by atoms with Gasteiger partial charge in [-0.15, -0.1) is 12.4 Å². The van der Waals surface area contributed by atoms with E-state index < -0.39 is 6.09 Å². The number of halogens is 1. The van der Waals surface area contributed by atoms with Crippen molar-refractivity contribution in [2.45, 2.75) is 32.7 Å². The first-order chi connectivity index (χ1) is 6.04. The summed E-state index contributed by atoms with van der Waals surface area (Å²) in [6, 6.07) is -0.137. The van der Waals surface area contributed by atoms with Crippen LogP contribution in [-0.2, 0) is 4.74 Å². The van der Waals surface area contributed by atoms with Gasteiger partial charge in [0.25, 0.3) is 0 Å². The number of hydrogen-bond donors (Lipinski definition) is 3. The third kappa shape index (κ3) is 30.0. The van der Waals surface area contributed by atoms with E-state index in [1.54, 1.807) is 6.92 Å². The van der Waals surface area contributed by atoms with Crippen LogP contribution in [0, 0.1) is 0 Å². The van der Waals surface area contributed by atoms with Gasteiger partial charge in [0, 0.05) is 6.04 Å². The maximum Gasteiger partial charge on any atom is 0.404 e. The minimum absolute atomic E-state index is 0. The lowest BCUT2D eigenvalue weighted by atomic mass is 10.3. The molecule has 0 saturated heterocycles. The first-order valence-corrected chi connectivity index (χ1v) is 4.42. The Morgan fingerprint density at radius 3 is 2.07 bits per heavy atom. The highest BCUT2D eigenvalue weighted by Gasteiger charge is 1.95. The van der Waals surface area contributed by atoms with E-state index in [-0.39, 0.29) is 25.1 Å². The van der Waals surface area contributed by atoms with Crippen molar-refractivity contribution < 1.29 is 9.53 Å². The molecule has 88 valence electrons. The number of ether oxygens (including phenoxy) is 1. The van der Waals surface area contributed by atoms with Gasteiger partial charge in [-0.2, -0.15) is 0 Å². The number of primary amides is 1. The Kier molecular flexibility index (Phi) is 20.4. The van der Waals surface area contributed by atoms with Crippen molar-refractivity contribution in [3.8, 4) is 0 Å². The average Bonchev–Trinajstić information content (AvgIpc) is 2.03. The summed E-state index contributed by atoms with van der Waals surface area (Å²) in [5.74, 6) is 0. The number of nitrogens with two attached hydrogens (primary N) is 3. The summed E-state index contributed by atoms with van der Waals surface area (Å²) in [6.07, 6.45) is 1.61. The Bertz CT molecular complexity index is 121. The van der Waals surface area contributed by atoms with Crippen molar-refractivity contribution in [2.75, 3.05) is 13.2 Å². The van der Waals surface area contributed by atoms with Gasteiger partial charge in [0.05, 0.1) is 0 Å². The molecule has 0 aromatic rings. The van der Waals surface area contributed by atoms with Gasteiger partial charge in [-0.3, -0.25) is 0 Å². The quantitative estimate of drug-likeness (QED) is 0.654. The lowest BCUT2D eigenvalue weighted by molar-refractivity contribution is 0.151. The minimum Gasteiger partial charge on any atom is -0.448 e. The van der Waals surface area contributed by atoms with Crippen LogP contribution in [-0.4, -0.2) is 25.3 Å².